The van der Waals surface area contributed by atoms with Crippen molar-refractivity contribution in [3.05, 3.63) is 35.7 Å². The third-order valence-corrected chi connectivity index (χ3v) is 3.81. The molecule has 2 heterocycles. The Kier molecular flexibility index (Phi) is 3.70. The molecule has 2 aromatic heterocycles. The minimum absolute atomic E-state index is 0.0514. The quantitative estimate of drug-likeness (QED) is 0.803. The zero-order chi connectivity index (χ0) is 14.8. The van der Waals surface area contributed by atoms with Gasteiger partial charge in [-0.25, -0.2) is 4.52 Å². The third-order valence-electron chi connectivity index (χ3n) is 3.00. The van der Waals surface area contributed by atoms with Gasteiger partial charge in [0.1, 0.15) is 0 Å². The number of rotatable bonds is 4. The second-order valence-electron chi connectivity index (χ2n) is 5.26. The molecule has 0 unspecified atom stereocenters. The van der Waals surface area contributed by atoms with Crippen LogP contribution in [0.4, 0.5) is 5.95 Å². The number of aromatic nitrogens is 3. The molecule has 0 bridgehead atoms. The molecule has 0 spiro atoms. The molecule has 1 amide bonds. The smallest absolute Gasteiger partial charge is 0.250 e. The van der Waals surface area contributed by atoms with Gasteiger partial charge in [-0.3, -0.25) is 10.1 Å². The first-order valence-electron chi connectivity index (χ1n) is 6.83. The maximum absolute atomic E-state index is 11.8. The Hall–Kier alpha value is -2.21. The summed E-state index contributed by atoms with van der Waals surface area (Å²) in [5, 5.41) is 9.15. The number of amides is 1. The van der Waals surface area contributed by atoms with E-state index < -0.39 is 0 Å². The highest BCUT2D eigenvalue weighted by Gasteiger charge is 2.13. The molecule has 0 aliphatic carbocycles. The summed E-state index contributed by atoms with van der Waals surface area (Å²) in [6, 6.07) is 10.0. The maximum Gasteiger partial charge on any atom is 0.250 e. The van der Waals surface area contributed by atoms with E-state index in [1.165, 1.54) is 11.3 Å². The van der Waals surface area contributed by atoms with Gasteiger partial charge >= 0.3 is 0 Å². The van der Waals surface area contributed by atoms with Crippen molar-refractivity contribution in [1.29, 1.82) is 0 Å². The second kappa shape index (κ2) is 5.65. The Morgan fingerprint density at radius 2 is 2.10 bits per heavy atom. The number of hydrogen-bond donors (Lipinski definition) is 1. The number of nitrogens with one attached hydrogen (secondary N) is 1. The fourth-order valence-corrected chi connectivity index (χ4v) is 2.92. The Morgan fingerprint density at radius 3 is 2.81 bits per heavy atom. The molecule has 3 rings (SSSR count). The van der Waals surface area contributed by atoms with E-state index in [2.05, 4.69) is 15.4 Å². The lowest BCUT2D eigenvalue weighted by atomic mass is 10.1. The molecular formula is C15H16N4OS. The Balaban J connectivity index is 1.88. The molecule has 0 aliphatic rings. The first-order chi connectivity index (χ1) is 10.1. The van der Waals surface area contributed by atoms with Gasteiger partial charge in [-0.2, -0.15) is 4.98 Å². The van der Waals surface area contributed by atoms with Crippen LogP contribution < -0.4 is 5.32 Å². The van der Waals surface area contributed by atoms with Crippen LogP contribution in [-0.2, 0) is 4.79 Å². The van der Waals surface area contributed by atoms with E-state index in [-0.39, 0.29) is 5.91 Å². The maximum atomic E-state index is 11.8. The normalized spacial score (nSPS) is 11.2. The van der Waals surface area contributed by atoms with Crippen molar-refractivity contribution in [2.45, 2.75) is 20.3 Å². The van der Waals surface area contributed by atoms with Gasteiger partial charge in [-0.1, -0.05) is 44.2 Å². The van der Waals surface area contributed by atoms with Crippen LogP contribution in [0.15, 0.2) is 35.7 Å². The van der Waals surface area contributed by atoms with E-state index in [1.807, 2.05) is 49.6 Å². The number of thiazole rings is 1. The number of hydrogen-bond acceptors (Lipinski definition) is 4. The zero-order valence-corrected chi connectivity index (χ0v) is 12.7. The highest BCUT2D eigenvalue weighted by atomic mass is 32.1. The minimum atomic E-state index is -0.0514. The van der Waals surface area contributed by atoms with E-state index in [0.717, 1.165) is 16.2 Å². The van der Waals surface area contributed by atoms with Crippen LogP contribution in [-0.4, -0.2) is 20.5 Å². The van der Waals surface area contributed by atoms with Crippen molar-refractivity contribution in [3.63, 3.8) is 0 Å². The summed E-state index contributed by atoms with van der Waals surface area (Å²) in [6.45, 7) is 4.01. The number of carbonyl (C=O) groups excluding carboxylic acids is 1. The second-order valence-corrected chi connectivity index (χ2v) is 6.10. The van der Waals surface area contributed by atoms with Gasteiger partial charge in [0.2, 0.25) is 16.8 Å². The molecule has 3 aromatic rings. The molecule has 0 radical (unpaired) electrons. The molecule has 6 heteroatoms. The van der Waals surface area contributed by atoms with Gasteiger partial charge in [0.15, 0.2) is 0 Å². The molecule has 0 saturated heterocycles. The number of benzene rings is 1. The fourth-order valence-electron chi connectivity index (χ4n) is 2.09. The first kappa shape index (κ1) is 13.8. The zero-order valence-electron chi connectivity index (χ0n) is 11.9. The highest BCUT2D eigenvalue weighted by Crippen LogP contribution is 2.25. The summed E-state index contributed by atoms with van der Waals surface area (Å²) >= 11 is 1.51. The summed E-state index contributed by atoms with van der Waals surface area (Å²) in [6.07, 6.45) is 0.471. The van der Waals surface area contributed by atoms with E-state index in [0.29, 0.717) is 18.3 Å². The molecule has 108 valence electrons. The van der Waals surface area contributed by atoms with Gasteiger partial charge in [0.05, 0.1) is 5.69 Å². The Bertz CT molecular complexity index is 760. The van der Waals surface area contributed by atoms with Crippen LogP contribution in [0.25, 0.3) is 16.2 Å². The summed E-state index contributed by atoms with van der Waals surface area (Å²) in [5.74, 6) is 0.628. The van der Waals surface area contributed by atoms with Crippen molar-refractivity contribution in [2.75, 3.05) is 5.32 Å². The summed E-state index contributed by atoms with van der Waals surface area (Å²) < 4.78 is 1.77. The van der Waals surface area contributed by atoms with Gasteiger partial charge < -0.3 is 0 Å². The highest BCUT2D eigenvalue weighted by molar-refractivity contribution is 7.15. The number of nitrogens with zero attached hydrogens (tertiary/aromatic N) is 3. The largest absolute Gasteiger partial charge is 0.293 e. The SMILES string of the molecule is CC(C)CC(=O)Nc1nc2scc(-c3ccccc3)n2n1. The predicted octanol–water partition coefficient (Wildman–Crippen LogP) is 3.44. The van der Waals surface area contributed by atoms with Crippen molar-refractivity contribution in [3.8, 4) is 11.3 Å². The predicted molar refractivity (Wildman–Crippen MR) is 84.4 cm³/mol. The summed E-state index contributed by atoms with van der Waals surface area (Å²) in [5.41, 5.74) is 2.06. The van der Waals surface area contributed by atoms with Crippen molar-refractivity contribution < 1.29 is 4.79 Å². The molecule has 0 aliphatic heterocycles. The van der Waals surface area contributed by atoms with E-state index >= 15 is 0 Å². The van der Waals surface area contributed by atoms with Crippen LogP contribution in [0.1, 0.15) is 20.3 Å². The van der Waals surface area contributed by atoms with Crippen molar-refractivity contribution >= 4 is 28.2 Å². The van der Waals surface area contributed by atoms with Crippen molar-refractivity contribution in [2.24, 2.45) is 5.92 Å². The molecule has 1 N–H and O–H groups in total. The van der Waals surface area contributed by atoms with Crippen LogP contribution in [0.5, 0.6) is 0 Å². The number of fused-ring (bicyclic) bond motifs is 1. The monoisotopic (exact) mass is 300 g/mol. The van der Waals surface area contributed by atoms with Crippen LogP contribution in [0.2, 0.25) is 0 Å². The average molecular weight is 300 g/mol. The molecular weight excluding hydrogens is 284 g/mol. The summed E-state index contributed by atoms with van der Waals surface area (Å²) in [7, 11) is 0. The molecule has 1 aromatic carbocycles. The summed E-state index contributed by atoms with van der Waals surface area (Å²) in [4.78, 5) is 16.9. The molecule has 5 nitrogen and oxygen atoms in total. The molecule has 0 fully saturated rings. The number of anilines is 1. The lowest BCUT2D eigenvalue weighted by Crippen LogP contribution is -2.14. The van der Waals surface area contributed by atoms with Gasteiger partial charge in [-0.05, 0) is 5.92 Å². The van der Waals surface area contributed by atoms with E-state index in [1.54, 1.807) is 4.52 Å². The third kappa shape index (κ3) is 2.95. The lowest BCUT2D eigenvalue weighted by Gasteiger charge is -2.03. The first-order valence-corrected chi connectivity index (χ1v) is 7.71. The minimum Gasteiger partial charge on any atom is -0.293 e. The lowest BCUT2D eigenvalue weighted by molar-refractivity contribution is -0.116. The number of carbonyl (C=O) groups is 1. The van der Waals surface area contributed by atoms with E-state index in [9.17, 15) is 4.79 Å². The Morgan fingerprint density at radius 1 is 1.33 bits per heavy atom. The Labute approximate surface area is 126 Å². The van der Waals surface area contributed by atoms with E-state index in [4.69, 9.17) is 0 Å². The molecule has 0 atom stereocenters. The molecule has 21 heavy (non-hydrogen) atoms. The fraction of sp³-hybridized carbons (Fsp3) is 0.267. The standard InChI is InChI=1S/C15H16N4OS/c1-10(2)8-13(20)16-14-17-15-19(18-14)12(9-21-15)11-6-4-3-5-7-11/h3-7,9-10H,8H2,1-2H3,(H,16,18,20). The van der Waals surface area contributed by atoms with Crippen LogP contribution in [0.3, 0.4) is 0 Å². The topological polar surface area (TPSA) is 59.3 Å². The van der Waals surface area contributed by atoms with Gasteiger partial charge in [0, 0.05) is 17.4 Å². The van der Waals surface area contributed by atoms with Crippen LogP contribution >= 0.6 is 11.3 Å². The van der Waals surface area contributed by atoms with Gasteiger partial charge in [0.25, 0.3) is 0 Å². The van der Waals surface area contributed by atoms with Crippen molar-refractivity contribution in [1.82, 2.24) is 14.6 Å². The average Bonchev–Trinajstić information content (AvgIpc) is 2.98. The van der Waals surface area contributed by atoms with Gasteiger partial charge in [-0.15, -0.1) is 16.4 Å². The molecule has 0 saturated carbocycles. The van der Waals surface area contributed by atoms with Crippen LogP contribution in [0, 0.1) is 5.92 Å².